The van der Waals surface area contributed by atoms with Gasteiger partial charge in [0.1, 0.15) is 0 Å². The van der Waals surface area contributed by atoms with Gasteiger partial charge < -0.3 is 0 Å². The average Bonchev–Trinajstić information content (AvgIpc) is 1.80. The van der Waals surface area contributed by atoms with Crippen molar-refractivity contribution in [1.82, 2.24) is 0 Å². The lowest BCUT2D eigenvalue weighted by Gasteiger charge is -1.89. The molecule has 0 aromatic carbocycles. The second-order valence-corrected chi connectivity index (χ2v) is 2.35. The molecule has 54 valence electrons. The standard InChI is InChI=1S/C7H12ClF/c1-2-3-4-5-6-7(8)9/h6H,2-5H2,1H3/b7-6-. The van der Waals surface area contributed by atoms with Crippen molar-refractivity contribution in [3.8, 4) is 0 Å². The highest BCUT2D eigenvalue weighted by atomic mass is 35.5. The van der Waals surface area contributed by atoms with Gasteiger partial charge in [0.15, 0.2) is 5.29 Å². The van der Waals surface area contributed by atoms with Gasteiger partial charge in [-0.15, -0.1) is 0 Å². The zero-order valence-electron chi connectivity index (χ0n) is 5.66. The molecule has 0 radical (unpaired) electrons. The zero-order valence-corrected chi connectivity index (χ0v) is 6.42. The van der Waals surface area contributed by atoms with Gasteiger partial charge in [0, 0.05) is 0 Å². The summed E-state index contributed by atoms with van der Waals surface area (Å²) >= 11 is 4.95. The Hall–Kier alpha value is -0.0400. The first-order chi connectivity index (χ1) is 4.27. The number of hydrogen-bond donors (Lipinski definition) is 0. The zero-order chi connectivity index (χ0) is 7.11. The van der Waals surface area contributed by atoms with Crippen LogP contribution >= 0.6 is 11.6 Å². The van der Waals surface area contributed by atoms with Gasteiger partial charge in [-0.3, -0.25) is 0 Å². The number of allylic oxidation sites excluding steroid dienone is 1. The summed E-state index contributed by atoms with van der Waals surface area (Å²) in [6.07, 6.45) is 5.54. The number of rotatable bonds is 4. The van der Waals surface area contributed by atoms with Crippen molar-refractivity contribution in [3.05, 3.63) is 11.4 Å². The highest BCUT2D eigenvalue weighted by Gasteiger charge is 1.85. The minimum absolute atomic E-state index is 0.578. The molecule has 0 atom stereocenters. The summed E-state index contributed by atoms with van der Waals surface area (Å²) in [5.74, 6) is 0. The van der Waals surface area contributed by atoms with E-state index < -0.39 is 5.29 Å². The summed E-state index contributed by atoms with van der Waals surface area (Å²) < 4.78 is 11.8. The van der Waals surface area contributed by atoms with Gasteiger partial charge in [0.05, 0.1) is 0 Å². The summed E-state index contributed by atoms with van der Waals surface area (Å²) in [5.41, 5.74) is 0. The summed E-state index contributed by atoms with van der Waals surface area (Å²) in [6, 6.07) is 0. The third-order valence-corrected chi connectivity index (χ3v) is 1.26. The molecular formula is C7H12ClF. The van der Waals surface area contributed by atoms with Crippen molar-refractivity contribution >= 4 is 11.6 Å². The quantitative estimate of drug-likeness (QED) is 0.537. The van der Waals surface area contributed by atoms with Crippen molar-refractivity contribution in [2.24, 2.45) is 0 Å². The molecule has 0 heterocycles. The first-order valence-electron chi connectivity index (χ1n) is 3.28. The number of hydrogen-bond acceptors (Lipinski definition) is 0. The van der Waals surface area contributed by atoms with Crippen molar-refractivity contribution < 1.29 is 4.39 Å². The van der Waals surface area contributed by atoms with Crippen molar-refractivity contribution in [3.63, 3.8) is 0 Å². The van der Waals surface area contributed by atoms with Crippen molar-refractivity contribution in [2.45, 2.75) is 32.6 Å². The summed E-state index contributed by atoms with van der Waals surface area (Å²) in [4.78, 5) is 0. The van der Waals surface area contributed by atoms with Crippen LogP contribution in [0.1, 0.15) is 32.6 Å². The maximum absolute atomic E-state index is 11.8. The Morgan fingerprint density at radius 3 is 2.67 bits per heavy atom. The Bertz CT molecular complexity index is 84.9. The lowest BCUT2D eigenvalue weighted by atomic mass is 10.2. The third kappa shape index (κ3) is 7.96. The van der Waals surface area contributed by atoms with Crippen LogP contribution in [0.25, 0.3) is 0 Å². The fourth-order valence-electron chi connectivity index (χ4n) is 0.606. The SMILES string of the molecule is CCCCC/C=C(\F)Cl. The molecule has 0 aliphatic carbocycles. The molecule has 2 heteroatoms. The van der Waals surface area contributed by atoms with E-state index in [1.807, 2.05) is 0 Å². The fraction of sp³-hybridized carbons (Fsp3) is 0.714. The van der Waals surface area contributed by atoms with Crippen LogP contribution in [0.5, 0.6) is 0 Å². The Labute approximate surface area is 60.7 Å². The molecule has 0 saturated carbocycles. The summed E-state index contributed by atoms with van der Waals surface area (Å²) in [6.45, 7) is 2.11. The molecule has 0 rings (SSSR count). The first-order valence-corrected chi connectivity index (χ1v) is 3.66. The summed E-state index contributed by atoms with van der Waals surface area (Å²) in [5, 5.41) is -0.578. The topological polar surface area (TPSA) is 0 Å². The van der Waals surface area contributed by atoms with E-state index >= 15 is 0 Å². The molecular weight excluding hydrogens is 139 g/mol. The van der Waals surface area contributed by atoms with Gasteiger partial charge in [-0.25, -0.2) is 0 Å². The van der Waals surface area contributed by atoms with Gasteiger partial charge in [-0.2, -0.15) is 4.39 Å². The Balaban J connectivity index is 3.00. The van der Waals surface area contributed by atoms with Gasteiger partial charge >= 0.3 is 0 Å². The second kappa shape index (κ2) is 6.09. The van der Waals surface area contributed by atoms with E-state index in [0.717, 1.165) is 25.7 Å². The Kier molecular flexibility index (Phi) is 6.06. The van der Waals surface area contributed by atoms with Gasteiger partial charge in [-0.1, -0.05) is 31.4 Å². The van der Waals surface area contributed by atoms with Crippen LogP contribution in [-0.2, 0) is 0 Å². The second-order valence-electron chi connectivity index (χ2n) is 1.99. The van der Waals surface area contributed by atoms with Crippen molar-refractivity contribution in [2.75, 3.05) is 0 Å². The largest absolute Gasteiger partial charge is 0.194 e. The number of unbranched alkanes of at least 4 members (excludes halogenated alkanes) is 3. The average molecular weight is 151 g/mol. The van der Waals surface area contributed by atoms with Crippen LogP contribution in [0.2, 0.25) is 0 Å². The molecule has 0 aliphatic heterocycles. The fourth-order valence-corrected chi connectivity index (χ4v) is 0.715. The minimum atomic E-state index is -0.578. The molecule has 0 saturated heterocycles. The van der Waals surface area contributed by atoms with Crippen LogP contribution in [-0.4, -0.2) is 0 Å². The number of halogens is 2. The molecule has 0 spiro atoms. The minimum Gasteiger partial charge on any atom is -0.194 e. The van der Waals surface area contributed by atoms with Crippen LogP contribution < -0.4 is 0 Å². The predicted molar refractivity (Wildman–Crippen MR) is 39.2 cm³/mol. The molecule has 0 unspecified atom stereocenters. The lowest BCUT2D eigenvalue weighted by molar-refractivity contribution is 0.672. The third-order valence-electron chi connectivity index (χ3n) is 1.11. The monoisotopic (exact) mass is 150 g/mol. The van der Waals surface area contributed by atoms with Gasteiger partial charge in [0.2, 0.25) is 0 Å². The molecule has 0 N–H and O–H groups in total. The normalized spacial score (nSPS) is 12.1. The Morgan fingerprint density at radius 1 is 1.56 bits per heavy atom. The predicted octanol–water partition coefficient (Wildman–Crippen LogP) is 3.62. The molecule has 0 fully saturated rings. The highest BCUT2D eigenvalue weighted by molar-refractivity contribution is 6.28. The molecule has 0 nitrogen and oxygen atoms in total. The molecule has 0 amide bonds. The molecule has 9 heavy (non-hydrogen) atoms. The van der Waals surface area contributed by atoms with Gasteiger partial charge in [-0.05, 0) is 18.9 Å². The van der Waals surface area contributed by atoms with Crippen molar-refractivity contribution in [1.29, 1.82) is 0 Å². The first kappa shape index (κ1) is 8.96. The van der Waals surface area contributed by atoms with E-state index in [2.05, 4.69) is 6.92 Å². The van der Waals surface area contributed by atoms with Crippen LogP contribution in [0.3, 0.4) is 0 Å². The highest BCUT2D eigenvalue weighted by Crippen LogP contribution is 2.06. The van der Waals surface area contributed by atoms with Crippen LogP contribution in [0.15, 0.2) is 11.4 Å². The Morgan fingerprint density at radius 2 is 2.22 bits per heavy atom. The van der Waals surface area contributed by atoms with E-state index in [4.69, 9.17) is 11.6 Å². The van der Waals surface area contributed by atoms with E-state index in [-0.39, 0.29) is 0 Å². The lowest BCUT2D eigenvalue weighted by Crippen LogP contribution is -1.70. The van der Waals surface area contributed by atoms with Gasteiger partial charge in [0.25, 0.3) is 0 Å². The molecule has 0 aliphatic rings. The molecule has 0 aromatic heterocycles. The van der Waals surface area contributed by atoms with E-state index in [9.17, 15) is 4.39 Å². The van der Waals surface area contributed by atoms with E-state index in [1.165, 1.54) is 6.08 Å². The maximum Gasteiger partial charge on any atom is 0.185 e. The maximum atomic E-state index is 11.8. The van der Waals surface area contributed by atoms with Crippen LogP contribution in [0, 0.1) is 0 Å². The molecule has 0 aromatic rings. The summed E-state index contributed by atoms with van der Waals surface area (Å²) in [7, 11) is 0. The van der Waals surface area contributed by atoms with Crippen LogP contribution in [0.4, 0.5) is 4.39 Å². The smallest absolute Gasteiger partial charge is 0.185 e. The van der Waals surface area contributed by atoms with E-state index in [1.54, 1.807) is 0 Å². The van der Waals surface area contributed by atoms with E-state index in [0.29, 0.717) is 0 Å². The molecule has 0 bridgehead atoms.